The molecule has 5 nitrogen and oxygen atoms in total. The fraction of sp³-hybridized carbons (Fsp3) is 0.944. The van der Waals surface area contributed by atoms with Crippen LogP contribution in [0.1, 0.15) is 58.8 Å². The predicted octanol–water partition coefficient (Wildman–Crippen LogP) is 2.30. The van der Waals surface area contributed by atoms with E-state index in [0.717, 1.165) is 58.4 Å². The Hall–Kier alpha value is -0.650. The third-order valence-electron chi connectivity index (χ3n) is 5.76. The molecule has 0 aromatic heterocycles. The average Bonchev–Trinajstić information content (AvgIpc) is 3.02. The first-order valence-corrected chi connectivity index (χ1v) is 9.41. The van der Waals surface area contributed by atoms with Crippen LogP contribution in [0.3, 0.4) is 0 Å². The molecule has 1 amide bonds. The summed E-state index contributed by atoms with van der Waals surface area (Å²) in [6.45, 7) is 7.69. The van der Waals surface area contributed by atoms with Crippen LogP contribution >= 0.6 is 0 Å². The highest BCUT2D eigenvalue weighted by Crippen LogP contribution is 2.38. The van der Waals surface area contributed by atoms with Gasteiger partial charge in [0.25, 0.3) is 0 Å². The minimum absolute atomic E-state index is 0.0696. The molecule has 1 saturated carbocycles. The van der Waals surface area contributed by atoms with Gasteiger partial charge in [-0.1, -0.05) is 6.42 Å². The summed E-state index contributed by atoms with van der Waals surface area (Å²) >= 11 is 0. The fourth-order valence-electron chi connectivity index (χ4n) is 4.32. The smallest absolute Gasteiger partial charge is 0.237 e. The summed E-state index contributed by atoms with van der Waals surface area (Å²) < 4.78 is 11.5. The Balaban J connectivity index is 1.44. The molecule has 132 valence electrons. The van der Waals surface area contributed by atoms with Crippen LogP contribution in [0, 0.1) is 5.92 Å². The maximum Gasteiger partial charge on any atom is 0.237 e. The van der Waals surface area contributed by atoms with Gasteiger partial charge in [0.2, 0.25) is 5.91 Å². The standard InChI is InChI=1S/C18H32N2O3/c1-14(2)20-10-4-3-5-16(20)17(21)19-13-15-6-8-18(9-7-15)22-11-12-23-18/h14-16H,3-13H2,1-2H3,(H,19,21)/t16-/m1/s1. The maximum atomic E-state index is 12.6. The van der Waals surface area contributed by atoms with Crippen molar-refractivity contribution in [2.45, 2.75) is 76.7 Å². The average molecular weight is 324 g/mol. The maximum absolute atomic E-state index is 12.6. The second kappa shape index (κ2) is 7.49. The highest BCUT2D eigenvalue weighted by molar-refractivity contribution is 5.81. The molecule has 0 bridgehead atoms. The van der Waals surface area contributed by atoms with Crippen molar-refractivity contribution in [1.29, 1.82) is 0 Å². The lowest BCUT2D eigenvalue weighted by atomic mass is 9.85. The Bertz CT molecular complexity index is 397. The van der Waals surface area contributed by atoms with E-state index in [4.69, 9.17) is 9.47 Å². The van der Waals surface area contributed by atoms with E-state index in [9.17, 15) is 4.79 Å². The van der Waals surface area contributed by atoms with Crippen LogP contribution in [0.2, 0.25) is 0 Å². The summed E-state index contributed by atoms with van der Waals surface area (Å²) in [5, 5.41) is 3.22. The normalized spacial score (nSPS) is 29.3. The van der Waals surface area contributed by atoms with Gasteiger partial charge in [-0.15, -0.1) is 0 Å². The minimum atomic E-state index is -0.293. The summed E-state index contributed by atoms with van der Waals surface area (Å²) in [4.78, 5) is 15.0. The zero-order chi connectivity index (χ0) is 16.3. The van der Waals surface area contributed by atoms with E-state index in [1.54, 1.807) is 0 Å². The van der Waals surface area contributed by atoms with Crippen LogP contribution in [0.25, 0.3) is 0 Å². The lowest BCUT2D eigenvalue weighted by Gasteiger charge is -2.38. The van der Waals surface area contributed by atoms with Crippen LogP contribution in [-0.4, -0.2) is 55.0 Å². The second-order valence-corrected chi connectivity index (χ2v) is 7.64. The van der Waals surface area contributed by atoms with Gasteiger partial charge in [0.1, 0.15) is 0 Å². The monoisotopic (exact) mass is 324 g/mol. The van der Waals surface area contributed by atoms with Gasteiger partial charge >= 0.3 is 0 Å². The van der Waals surface area contributed by atoms with Crippen molar-refractivity contribution in [3.05, 3.63) is 0 Å². The lowest BCUT2D eigenvalue weighted by Crippen LogP contribution is -2.52. The predicted molar refractivity (Wildman–Crippen MR) is 89.1 cm³/mol. The SMILES string of the molecule is CC(C)N1CCCC[C@@H]1C(=O)NCC1CCC2(CC1)OCCO2. The summed E-state index contributed by atoms with van der Waals surface area (Å²) in [6.07, 6.45) is 7.48. The molecular weight excluding hydrogens is 292 g/mol. The highest BCUT2D eigenvalue weighted by atomic mass is 16.7. The van der Waals surface area contributed by atoms with Gasteiger partial charge in [-0.25, -0.2) is 0 Å². The molecule has 1 spiro atoms. The zero-order valence-electron chi connectivity index (χ0n) is 14.7. The Kier molecular flexibility index (Phi) is 5.60. The Morgan fingerprint density at radius 2 is 1.87 bits per heavy atom. The third-order valence-corrected chi connectivity index (χ3v) is 5.76. The van der Waals surface area contributed by atoms with Crippen LogP contribution in [0.5, 0.6) is 0 Å². The summed E-state index contributed by atoms with van der Waals surface area (Å²) in [6, 6.07) is 0.512. The lowest BCUT2D eigenvalue weighted by molar-refractivity contribution is -0.182. The summed E-state index contributed by atoms with van der Waals surface area (Å²) in [5.41, 5.74) is 0. The molecule has 1 aliphatic carbocycles. The van der Waals surface area contributed by atoms with E-state index in [0.29, 0.717) is 12.0 Å². The van der Waals surface area contributed by atoms with Gasteiger partial charge in [-0.3, -0.25) is 9.69 Å². The van der Waals surface area contributed by atoms with Crippen molar-refractivity contribution in [2.24, 2.45) is 5.92 Å². The third kappa shape index (κ3) is 4.06. The van der Waals surface area contributed by atoms with Gasteiger partial charge in [0, 0.05) is 25.4 Å². The number of nitrogens with one attached hydrogen (secondary N) is 1. The molecule has 5 heteroatoms. The molecule has 3 fully saturated rings. The van der Waals surface area contributed by atoms with E-state index in [2.05, 4.69) is 24.1 Å². The number of hydrogen-bond acceptors (Lipinski definition) is 4. The molecule has 1 N–H and O–H groups in total. The van der Waals surface area contributed by atoms with E-state index in [-0.39, 0.29) is 17.7 Å². The van der Waals surface area contributed by atoms with Crippen molar-refractivity contribution in [3.8, 4) is 0 Å². The van der Waals surface area contributed by atoms with E-state index in [1.165, 1.54) is 12.8 Å². The number of likely N-dealkylation sites (tertiary alicyclic amines) is 1. The number of ether oxygens (including phenoxy) is 2. The second-order valence-electron chi connectivity index (χ2n) is 7.64. The highest BCUT2D eigenvalue weighted by Gasteiger charge is 2.40. The van der Waals surface area contributed by atoms with Gasteiger partial charge in [0.15, 0.2) is 5.79 Å². The quantitative estimate of drug-likeness (QED) is 0.862. The fourth-order valence-corrected chi connectivity index (χ4v) is 4.32. The summed E-state index contributed by atoms with van der Waals surface area (Å²) in [5.74, 6) is 0.499. The van der Waals surface area contributed by atoms with Crippen molar-refractivity contribution in [1.82, 2.24) is 10.2 Å². The van der Waals surface area contributed by atoms with Crippen LogP contribution in [-0.2, 0) is 14.3 Å². The number of carbonyl (C=O) groups excluding carboxylic acids is 1. The zero-order valence-corrected chi connectivity index (χ0v) is 14.7. The first-order chi connectivity index (χ1) is 11.1. The van der Waals surface area contributed by atoms with Crippen molar-refractivity contribution < 1.29 is 14.3 Å². The molecule has 0 aromatic rings. The van der Waals surface area contributed by atoms with Gasteiger partial charge in [-0.2, -0.15) is 0 Å². The molecule has 23 heavy (non-hydrogen) atoms. The number of carbonyl (C=O) groups is 1. The Morgan fingerprint density at radius 1 is 1.17 bits per heavy atom. The van der Waals surface area contributed by atoms with Crippen LogP contribution in [0.15, 0.2) is 0 Å². The number of rotatable bonds is 4. The number of piperidine rings is 1. The largest absolute Gasteiger partial charge is 0.354 e. The molecule has 0 radical (unpaired) electrons. The van der Waals surface area contributed by atoms with Gasteiger partial charge < -0.3 is 14.8 Å². The molecule has 1 atom stereocenters. The minimum Gasteiger partial charge on any atom is -0.354 e. The first-order valence-electron chi connectivity index (χ1n) is 9.41. The number of amides is 1. The molecule has 0 aromatic carbocycles. The molecule has 0 unspecified atom stereocenters. The van der Waals surface area contributed by atoms with Gasteiger partial charge in [-0.05, 0) is 52.0 Å². The molecule has 3 aliphatic rings. The topological polar surface area (TPSA) is 50.8 Å². The molecule has 2 saturated heterocycles. The molecular formula is C18H32N2O3. The van der Waals surface area contributed by atoms with E-state index in [1.807, 2.05) is 0 Å². The molecule has 3 rings (SSSR count). The Morgan fingerprint density at radius 3 is 2.52 bits per heavy atom. The first kappa shape index (κ1) is 17.2. The van der Waals surface area contributed by atoms with Crippen molar-refractivity contribution in [2.75, 3.05) is 26.3 Å². The summed E-state index contributed by atoms with van der Waals surface area (Å²) in [7, 11) is 0. The van der Waals surface area contributed by atoms with Crippen molar-refractivity contribution >= 4 is 5.91 Å². The van der Waals surface area contributed by atoms with Crippen LogP contribution in [0.4, 0.5) is 0 Å². The van der Waals surface area contributed by atoms with Gasteiger partial charge in [0.05, 0.1) is 19.3 Å². The van der Waals surface area contributed by atoms with E-state index < -0.39 is 0 Å². The molecule has 2 aliphatic heterocycles. The number of hydrogen-bond donors (Lipinski definition) is 1. The van der Waals surface area contributed by atoms with E-state index >= 15 is 0 Å². The number of nitrogens with zero attached hydrogens (tertiary/aromatic N) is 1. The van der Waals surface area contributed by atoms with Crippen molar-refractivity contribution in [3.63, 3.8) is 0 Å². The Labute approximate surface area is 140 Å². The molecule has 2 heterocycles. The van der Waals surface area contributed by atoms with Crippen LogP contribution < -0.4 is 5.32 Å².